The predicted octanol–water partition coefficient (Wildman–Crippen LogP) is 4.44. The highest BCUT2D eigenvalue weighted by molar-refractivity contribution is 7.80. The minimum absolute atomic E-state index is 0.563. The first-order chi connectivity index (χ1) is 8.24. The summed E-state index contributed by atoms with van der Waals surface area (Å²) in [6.45, 7) is 0. The van der Waals surface area contributed by atoms with Crippen molar-refractivity contribution >= 4 is 35.3 Å². The first kappa shape index (κ1) is 10.7. The van der Waals surface area contributed by atoms with Gasteiger partial charge < -0.3 is 4.42 Å². The molecule has 0 fully saturated rings. The van der Waals surface area contributed by atoms with Crippen LogP contribution in [0.3, 0.4) is 0 Å². The Balaban J connectivity index is 2.22. The van der Waals surface area contributed by atoms with Gasteiger partial charge in [0.25, 0.3) is 0 Å². The van der Waals surface area contributed by atoms with Crippen LogP contribution in [0.1, 0.15) is 0 Å². The van der Waals surface area contributed by atoms with Gasteiger partial charge in [-0.2, -0.15) is 0 Å². The lowest BCUT2D eigenvalue weighted by atomic mass is 10.2. The van der Waals surface area contributed by atoms with Crippen molar-refractivity contribution < 1.29 is 4.42 Å². The number of nitrogens with zero attached hydrogens (tertiary/aromatic N) is 1. The van der Waals surface area contributed by atoms with E-state index in [1.807, 2.05) is 30.3 Å². The highest BCUT2D eigenvalue weighted by Crippen LogP contribution is 2.29. The highest BCUT2D eigenvalue weighted by atomic mass is 35.5. The monoisotopic (exact) mass is 261 g/mol. The maximum atomic E-state index is 5.91. The van der Waals surface area contributed by atoms with Crippen molar-refractivity contribution in [3.63, 3.8) is 0 Å². The van der Waals surface area contributed by atoms with E-state index in [0.717, 1.165) is 21.6 Å². The molecule has 1 heterocycles. The average Bonchev–Trinajstić information content (AvgIpc) is 2.72. The highest BCUT2D eigenvalue weighted by Gasteiger charge is 2.10. The summed E-state index contributed by atoms with van der Waals surface area (Å²) in [6.07, 6.45) is 0. The number of oxazole rings is 1. The van der Waals surface area contributed by atoms with Crippen LogP contribution in [0.15, 0.2) is 51.8 Å². The Morgan fingerprint density at radius 2 is 1.94 bits per heavy atom. The van der Waals surface area contributed by atoms with Crippen molar-refractivity contribution in [2.24, 2.45) is 0 Å². The molecule has 3 aromatic rings. The number of hydrogen-bond acceptors (Lipinski definition) is 3. The van der Waals surface area contributed by atoms with Crippen LogP contribution in [0.25, 0.3) is 22.6 Å². The van der Waals surface area contributed by atoms with E-state index in [0.29, 0.717) is 10.9 Å². The van der Waals surface area contributed by atoms with Crippen LogP contribution in [0, 0.1) is 0 Å². The van der Waals surface area contributed by atoms with Gasteiger partial charge in [-0.3, -0.25) is 0 Å². The zero-order valence-corrected chi connectivity index (χ0v) is 10.4. The number of hydrogen-bond donors (Lipinski definition) is 1. The molecule has 0 atom stereocenters. The summed E-state index contributed by atoms with van der Waals surface area (Å²) in [4.78, 5) is 5.24. The van der Waals surface area contributed by atoms with Gasteiger partial charge in [0, 0.05) is 9.92 Å². The van der Waals surface area contributed by atoms with Crippen LogP contribution in [0.5, 0.6) is 0 Å². The number of thiol groups is 1. The van der Waals surface area contributed by atoms with Crippen LogP contribution in [0.2, 0.25) is 5.02 Å². The summed E-state index contributed by atoms with van der Waals surface area (Å²) < 4.78 is 5.67. The maximum absolute atomic E-state index is 5.91. The second-order valence-corrected chi connectivity index (χ2v) is 4.57. The van der Waals surface area contributed by atoms with E-state index in [1.165, 1.54) is 0 Å². The average molecular weight is 262 g/mol. The van der Waals surface area contributed by atoms with Crippen molar-refractivity contribution in [3.05, 3.63) is 47.5 Å². The van der Waals surface area contributed by atoms with Gasteiger partial charge in [0.05, 0.1) is 5.56 Å². The molecule has 4 heteroatoms. The molecule has 0 bridgehead atoms. The molecule has 0 N–H and O–H groups in total. The molecule has 0 unspecified atom stereocenters. The SMILES string of the molecule is Sc1ccccc1-c1nc2cc(Cl)ccc2o1. The van der Waals surface area contributed by atoms with Gasteiger partial charge >= 0.3 is 0 Å². The summed E-state index contributed by atoms with van der Waals surface area (Å²) in [5.41, 5.74) is 2.35. The van der Waals surface area contributed by atoms with Gasteiger partial charge in [0.1, 0.15) is 5.52 Å². The van der Waals surface area contributed by atoms with E-state index in [1.54, 1.807) is 12.1 Å². The van der Waals surface area contributed by atoms with E-state index in [9.17, 15) is 0 Å². The first-order valence-corrected chi connectivity index (χ1v) is 5.91. The van der Waals surface area contributed by atoms with Crippen LogP contribution < -0.4 is 0 Å². The fourth-order valence-electron chi connectivity index (χ4n) is 1.67. The minimum atomic E-state index is 0.563. The van der Waals surface area contributed by atoms with Gasteiger partial charge in [-0.05, 0) is 30.3 Å². The van der Waals surface area contributed by atoms with Crippen molar-refractivity contribution in [2.45, 2.75) is 4.90 Å². The van der Waals surface area contributed by atoms with E-state index >= 15 is 0 Å². The third-order valence-electron chi connectivity index (χ3n) is 2.48. The Bertz CT molecular complexity index is 693. The first-order valence-electron chi connectivity index (χ1n) is 5.08. The molecule has 2 aromatic carbocycles. The van der Waals surface area contributed by atoms with Crippen molar-refractivity contribution in [2.75, 3.05) is 0 Å². The van der Waals surface area contributed by atoms with Gasteiger partial charge in [-0.15, -0.1) is 12.6 Å². The molecule has 0 aliphatic rings. The number of rotatable bonds is 1. The Morgan fingerprint density at radius 3 is 2.76 bits per heavy atom. The van der Waals surface area contributed by atoms with Gasteiger partial charge in [0.15, 0.2) is 5.58 Å². The quantitative estimate of drug-likeness (QED) is 0.656. The molecule has 1 aromatic heterocycles. The van der Waals surface area contributed by atoms with Gasteiger partial charge in [-0.25, -0.2) is 4.98 Å². The summed E-state index contributed by atoms with van der Waals surface area (Å²) in [7, 11) is 0. The van der Waals surface area contributed by atoms with E-state index < -0.39 is 0 Å². The molecule has 0 amide bonds. The van der Waals surface area contributed by atoms with Crippen molar-refractivity contribution in [1.82, 2.24) is 4.98 Å². The molecule has 0 aliphatic heterocycles. The van der Waals surface area contributed by atoms with Crippen molar-refractivity contribution in [3.8, 4) is 11.5 Å². The second kappa shape index (κ2) is 4.09. The number of fused-ring (bicyclic) bond motifs is 1. The minimum Gasteiger partial charge on any atom is -0.436 e. The fraction of sp³-hybridized carbons (Fsp3) is 0. The summed E-state index contributed by atoms with van der Waals surface area (Å²) in [5.74, 6) is 0.563. The van der Waals surface area contributed by atoms with Gasteiger partial charge in [-0.1, -0.05) is 23.7 Å². The van der Waals surface area contributed by atoms with Crippen molar-refractivity contribution in [1.29, 1.82) is 0 Å². The predicted molar refractivity (Wildman–Crippen MR) is 71.7 cm³/mol. The van der Waals surface area contributed by atoms with Crippen LogP contribution in [-0.2, 0) is 0 Å². The Kier molecular flexibility index (Phi) is 2.57. The largest absolute Gasteiger partial charge is 0.436 e. The number of benzene rings is 2. The molecule has 84 valence electrons. The topological polar surface area (TPSA) is 26.0 Å². The third kappa shape index (κ3) is 1.92. The molecule has 17 heavy (non-hydrogen) atoms. The molecule has 0 radical (unpaired) electrons. The van der Waals surface area contributed by atoms with E-state index in [4.69, 9.17) is 16.0 Å². The molecule has 0 saturated heterocycles. The maximum Gasteiger partial charge on any atom is 0.228 e. The van der Waals surface area contributed by atoms with Gasteiger partial charge in [0.2, 0.25) is 5.89 Å². The van der Waals surface area contributed by atoms with E-state index in [-0.39, 0.29) is 0 Å². The Hall–Kier alpha value is -1.45. The molecule has 0 spiro atoms. The molecule has 0 saturated carbocycles. The lowest BCUT2D eigenvalue weighted by Gasteiger charge is -1.97. The Morgan fingerprint density at radius 1 is 1.12 bits per heavy atom. The molecule has 2 nitrogen and oxygen atoms in total. The molecular formula is C13H8ClNOS. The summed E-state index contributed by atoms with van der Waals surface area (Å²) >= 11 is 10.3. The zero-order chi connectivity index (χ0) is 11.8. The lowest BCUT2D eigenvalue weighted by molar-refractivity contribution is 0.618. The Labute approximate surface area is 109 Å². The van der Waals surface area contributed by atoms with Crippen LogP contribution in [-0.4, -0.2) is 4.98 Å². The molecular weight excluding hydrogens is 254 g/mol. The van der Waals surface area contributed by atoms with Crippen LogP contribution in [0.4, 0.5) is 0 Å². The summed E-state index contributed by atoms with van der Waals surface area (Å²) in [6, 6.07) is 13.1. The standard InChI is InChI=1S/C13H8ClNOS/c14-8-5-6-11-10(7-8)15-13(16-11)9-3-1-2-4-12(9)17/h1-7,17H. The van der Waals surface area contributed by atoms with E-state index in [2.05, 4.69) is 17.6 Å². The normalized spacial score (nSPS) is 10.9. The zero-order valence-electron chi connectivity index (χ0n) is 8.72. The summed E-state index contributed by atoms with van der Waals surface area (Å²) in [5, 5.41) is 0.650. The third-order valence-corrected chi connectivity index (χ3v) is 3.11. The molecule has 3 rings (SSSR count). The number of halogens is 1. The number of aromatic nitrogens is 1. The molecule has 0 aliphatic carbocycles. The van der Waals surface area contributed by atoms with Crippen LogP contribution >= 0.6 is 24.2 Å². The smallest absolute Gasteiger partial charge is 0.228 e. The lowest BCUT2D eigenvalue weighted by Crippen LogP contribution is -1.78. The second-order valence-electron chi connectivity index (χ2n) is 3.65. The fourth-order valence-corrected chi connectivity index (χ4v) is 2.09.